The molecule has 1 atom stereocenters. The largest absolute Gasteiger partial charge is 0.492 e. The second-order valence-corrected chi connectivity index (χ2v) is 5.24. The summed E-state index contributed by atoms with van der Waals surface area (Å²) in [5.41, 5.74) is 6.95. The molecule has 1 unspecified atom stereocenters. The van der Waals surface area contributed by atoms with Gasteiger partial charge >= 0.3 is 0 Å². The average Bonchev–Trinajstić information content (AvgIpc) is 2.30. The van der Waals surface area contributed by atoms with E-state index in [-0.39, 0.29) is 6.04 Å². The summed E-state index contributed by atoms with van der Waals surface area (Å²) in [4.78, 5) is 0. The first-order valence-corrected chi connectivity index (χ1v) is 7.12. The van der Waals surface area contributed by atoms with Gasteiger partial charge in [-0.2, -0.15) is 0 Å². The Bertz CT molecular complexity index is 339. The molecule has 3 heteroatoms. The van der Waals surface area contributed by atoms with E-state index in [0.29, 0.717) is 0 Å². The zero-order chi connectivity index (χ0) is 12.7. The molecular formula is C14H22BrNO. The van der Waals surface area contributed by atoms with Gasteiger partial charge in [0.2, 0.25) is 0 Å². The lowest BCUT2D eigenvalue weighted by molar-refractivity contribution is 0.303. The summed E-state index contributed by atoms with van der Waals surface area (Å²) in [6.07, 6.45) is 4.91. The van der Waals surface area contributed by atoms with E-state index >= 15 is 0 Å². The summed E-state index contributed by atoms with van der Waals surface area (Å²) in [6, 6.07) is 6.11. The summed E-state index contributed by atoms with van der Waals surface area (Å²) < 4.78 is 6.72. The van der Waals surface area contributed by atoms with Crippen molar-refractivity contribution in [2.75, 3.05) is 6.61 Å². The van der Waals surface area contributed by atoms with Crippen molar-refractivity contribution in [2.45, 2.75) is 45.6 Å². The van der Waals surface area contributed by atoms with Crippen LogP contribution >= 0.6 is 15.9 Å². The van der Waals surface area contributed by atoms with Gasteiger partial charge in [0.1, 0.15) is 5.75 Å². The van der Waals surface area contributed by atoms with Crippen molar-refractivity contribution in [1.82, 2.24) is 0 Å². The highest BCUT2D eigenvalue weighted by Crippen LogP contribution is 2.28. The van der Waals surface area contributed by atoms with E-state index in [1.807, 2.05) is 25.1 Å². The average molecular weight is 300 g/mol. The molecule has 0 saturated carbocycles. The van der Waals surface area contributed by atoms with E-state index in [4.69, 9.17) is 10.5 Å². The highest BCUT2D eigenvalue weighted by Gasteiger charge is 2.05. The second kappa shape index (κ2) is 7.72. The number of ether oxygens (including phenoxy) is 1. The predicted octanol–water partition coefficient (Wildman–Crippen LogP) is 4.43. The summed E-state index contributed by atoms with van der Waals surface area (Å²) in [7, 11) is 0. The molecule has 1 aromatic carbocycles. The van der Waals surface area contributed by atoms with Gasteiger partial charge in [-0.25, -0.2) is 0 Å². The van der Waals surface area contributed by atoms with Crippen LogP contribution in [0.5, 0.6) is 5.75 Å². The monoisotopic (exact) mass is 299 g/mol. The normalized spacial score (nSPS) is 12.5. The van der Waals surface area contributed by atoms with E-state index in [1.54, 1.807) is 0 Å². The molecule has 0 radical (unpaired) electrons. The van der Waals surface area contributed by atoms with Crippen LogP contribution in [-0.4, -0.2) is 6.61 Å². The molecular weight excluding hydrogens is 278 g/mol. The minimum absolute atomic E-state index is 0.0601. The number of rotatable bonds is 7. The van der Waals surface area contributed by atoms with E-state index in [9.17, 15) is 0 Å². The smallest absolute Gasteiger partial charge is 0.133 e. The van der Waals surface area contributed by atoms with Crippen LogP contribution in [0.2, 0.25) is 0 Å². The summed E-state index contributed by atoms with van der Waals surface area (Å²) in [6.45, 7) is 4.98. The van der Waals surface area contributed by atoms with Gasteiger partial charge in [-0.3, -0.25) is 0 Å². The van der Waals surface area contributed by atoms with Gasteiger partial charge in [-0.1, -0.05) is 32.3 Å². The maximum atomic E-state index is 5.83. The lowest BCUT2D eigenvalue weighted by Crippen LogP contribution is -2.05. The molecule has 0 fully saturated rings. The Hall–Kier alpha value is -0.540. The minimum Gasteiger partial charge on any atom is -0.492 e. The first-order chi connectivity index (χ1) is 8.15. The van der Waals surface area contributed by atoms with Gasteiger partial charge in [0.25, 0.3) is 0 Å². The zero-order valence-electron chi connectivity index (χ0n) is 10.7. The Balaban J connectivity index is 2.43. The number of benzene rings is 1. The van der Waals surface area contributed by atoms with Gasteiger partial charge in [-0.15, -0.1) is 0 Å². The van der Waals surface area contributed by atoms with Gasteiger partial charge in [0, 0.05) is 6.04 Å². The quantitative estimate of drug-likeness (QED) is 0.756. The van der Waals surface area contributed by atoms with Crippen LogP contribution in [-0.2, 0) is 0 Å². The van der Waals surface area contributed by atoms with Crippen LogP contribution in [0.15, 0.2) is 22.7 Å². The molecule has 0 aliphatic rings. The van der Waals surface area contributed by atoms with Gasteiger partial charge < -0.3 is 10.5 Å². The van der Waals surface area contributed by atoms with E-state index < -0.39 is 0 Å². The van der Waals surface area contributed by atoms with Crippen LogP contribution in [0.1, 0.15) is 51.1 Å². The number of hydrogen-bond acceptors (Lipinski definition) is 2. The molecule has 0 aromatic heterocycles. The van der Waals surface area contributed by atoms with Crippen molar-refractivity contribution in [3.05, 3.63) is 28.2 Å². The number of unbranched alkanes of at least 4 members (excludes halogenated alkanes) is 3. The summed E-state index contributed by atoms with van der Waals surface area (Å²) >= 11 is 3.52. The fourth-order valence-corrected chi connectivity index (χ4v) is 2.14. The van der Waals surface area contributed by atoms with Gasteiger partial charge in [0.15, 0.2) is 0 Å². The van der Waals surface area contributed by atoms with E-state index in [0.717, 1.165) is 28.8 Å². The van der Waals surface area contributed by atoms with Crippen molar-refractivity contribution in [3.8, 4) is 5.75 Å². The molecule has 0 heterocycles. The molecule has 0 aliphatic carbocycles. The van der Waals surface area contributed by atoms with Gasteiger partial charge in [-0.05, 0) is 47.0 Å². The molecule has 17 heavy (non-hydrogen) atoms. The topological polar surface area (TPSA) is 35.2 Å². The third-order valence-corrected chi connectivity index (χ3v) is 3.36. The number of hydrogen-bond donors (Lipinski definition) is 1. The Labute approximate surface area is 113 Å². The first kappa shape index (κ1) is 14.5. The Morgan fingerprint density at radius 2 is 2.06 bits per heavy atom. The molecule has 1 rings (SSSR count). The summed E-state index contributed by atoms with van der Waals surface area (Å²) in [5.74, 6) is 0.908. The maximum Gasteiger partial charge on any atom is 0.133 e. The van der Waals surface area contributed by atoms with Crippen LogP contribution < -0.4 is 10.5 Å². The standard InChI is InChI=1S/C14H22BrNO/c1-3-4-5-6-9-17-14-8-7-12(11(2)16)10-13(14)15/h7-8,10-11H,3-6,9,16H2,1-2H3. The highest BCUT2D eigenvalue weighted by atomic mass is 79.9. The second-order valence-electron chi connectivity index (χ2n) is 4.39. The fourth-order valence-electron chi connectivity index (χ4n) is 1.63. The third kappa shape index (κ3) is 5.09. The van der Waals surface area contributed by atoms with Gasteiger partial charge in [0.05, 0.1) is 11.1 Å². The van der Waals surface area contributed by atoms with E-state index in [2.05, 4.69) is 22.9 Å². The predicted molar refractivity (Wildman–Crippen MR) is 76.4 cm³/mol. The van der Waals surface area contributed by atoms with Crippen molar-refractivity contribution >= 4 is 15.9 Å². The summed E-state index contributed by atoms with van der Waals surface area (Å²) in [5, 5.41) is 0. The molecule has 0 saturated heterocycles. The van der Waals surface area contributed by atoms with Crippen molar-refractivity contribution in [1.29, 1.82) is 0 Å². The number of nitrogens with two attached hydrogens (primary N) is 1. The minimum atomic E-state index is 0.0601. The van der Waals surface area contributed by atoms with Crippen molar-refractivity contribution in [2.24, 2.45) is 5.73 Å². The molecule has 0 spiro atoms. The third-order valence-electron chi connectivity index (χ3n) is 2.74. The Kier molecular flexibility index (Phi) is 6.60. The SMILES string of the molecule is CCCCCCOc1ccc(C(C)N)cc1Br. The Morgan fingerprint density at radius 3 is 2.65 bits per heavy atom. The molecule has 2 nitrogen and oxygen atoms in total. The molecule has 0 bridgehead atoms. The highest BCUT2D eigenvalue weighted by molar-refractivity contribution is 9.10. The fraction of sp³-hybridized carbons (Fsp3) is 0.571. The van der Waals surface area contributed by atoms with Crippen LogP contribution in [0.4, 0.5) is 0 Å². The molecule has 1 aromatic rings. The Morgan fingerprint density at radius 1 is 1.29 bits per heavy atom. The van der Waals surface area contributed by atoms with E-state index in [1.165, 1.54) is 19.3 Å². The van der Waals surface area contributed by atoms with Crippen molar-refractivity contribution < 1.29 is 4.74 Å². The molecule has 2 N–H and O–H groups in total. The first-order valence-electron chi connectivity index (χ1n) is 6.33. The van der Waals surface area contributed by atoms with Crippen LogP contribution in [0.25, 0.3) is 0 Å². The number of halogens is 1. The lowest BCUT2D eigenvalue weighted by Gasteiger charge is -2.11. The van der Waals surface area contributed by atoms with Crippen LogP contribution in [0, 0.1) is 0 Å². The lowest BCUT2D eigenvalue weighted by atomic mass is 10.1. The molecule has 96 valence electrons. The molecule has 0 aliphatic heterocycles. The maximum absolute atomic E-state index is 5.83. The van der Waals surface area contributed by atoms with Crippen molar-refractivity contribution in [3.63, 3.8) is 0 Å². The molecule has 0 amide bonds. The van der Waals surface area contributed by atoms with Crippen LogP contribution in [0.3, 0.4) is 0 Å². The zero-order valence-corrected chi connectivity index (χ0v) is 12.3.